The molecule has 106 valence electrons. The molecule has 2 aromatic rings. The topological polar surface area (TPSA) is 34.1 Å². The summed E-state index contributed by atoms with van der Waals surface area (Å²) in [6.07, 6.45) is 5.34. The van der Waals surface area contributed by atoms with Crippen LogP contribution in [0.2, 0.25) is 0 Å². The quantitative estimate of drug-likeness (QED) is 0.880. The van der Waals surface area contributed by atoms with Crippen LogP contribution in [0.1, 0.15) is 41.9 Å². The summed E-state index contributed by atoms with van der Waals surface area (Å²) in [5, 5.41) is 6.61. The standard InChI is InChI=1S/C16H20N2OS/c1-2-7-17-15-6-3-12-10-13(4-5-14(12)15)19-11-16-18-8-9-20-16/h4-5,8-10,15,17H,2-3,6-7,11H2,1H3. The van der Waals surface area contributed by atoms with Gasteiger partial charge in [-0.25, -0.2) is 4.98 Å². The number of ether oxygens (including phenoxy) is 1. The second-order valence-corrected chi connectivity index (χ2v) is 6.10. The predicted molar refractivity (Wildman–Crippen MR) is 82.2 cm³/mol. The van der Waals surface area contributed by atoms with Gasteiger partial charge >= 0.3 is 0 Å². The van der Waals surface area contributed by atoms with Crippen molar-refractivity contribution in [2.75, 3.05) is 6.54 Å². The summed E-state index contributed by atoms with van der Waals surface area (Å²) < 4.78 is 5.82. The maximum atomic E-state index is 5.82. The number of benzene rings is 1. The number of aryl methyl sites for hydroxylation is 1. The highest BCUT2D eigenvalue weighted by Gasteiger charge is 2.21. The highest BCUT2D eigenvalue weighted by atomic mass is 32.1. The zero-order valence-corrected chi connectivity index (χ0v) is 12.6. The van der Waals surface area contributed by atoms with Crippen molar-refractivity contribution < 1.29 is 4.74 Å². The molecule has 3 nitrogen and oxygen atoms in total. The van der Waals surface area contributed by atoms with E-state index in [0.29, 0.717) is 12.6 Å². The first-order chi connectivity index (χ1) is 9.86. The van der Waals surface area contributed by atoms with E-state index in [1.165, 1.54) is 24.0 Å². The van der Waals surface area contributed by atoms with Crippen molar-refractivity contribution in [3.8, 4) is 5.75 Å². The van der Waals surface area contributed by atoms with Gasteiger partial charge in [0.05, 0.1) is 0 Å². The number of fused-ring (bicyclic) bond motifs is 1. The lowest BCUT2D eigenvalue weighted by atomic mass is 10.1. The van der Waals surface area contributed by atoms with Gasteiger partial charge in [-0.2, -0.15) is 0 Å². The minimum atomic E-state index is 0.526. The molecule has 3 rings (SSSR count). The Morgan fingerprint density at radius 2 is 2.40 bits per heavy atom. The Morgan fingerprint density at radius 3 is 3.20 bits per heavy atom. The molecule has 0 saturated heterocycles. The van der Waals surface area contributed by atoms with Gasteiger partial charge < -0.3 is 10.1 Å². The van der Waals surface area contributed by atoms with Crippen LogP contribution in [-0.4, -0.2) is 11.5 Å². The van der Waals surface area contributed by atoms with Gasteiger partial charge in [-0.05, 0) is 49.1 Å². The average Bonchev–Trinajstić information content (AvgIpc) is 3.12. The lowest BCUT2D eigenvalue weighted by molar-refractivity contribution is 0.305. The Bertz CT molecular complexity index is 554. The molecule has 1 aromatic carbocycles. The largest absolute Gasteiger partial charge is 0.486 e. The average molecular weight is 288 g/mol. The number of rotatable bonds is 6. The van der Waals surface area contributed by atoms with Gasteiger partial charge in [-0.3, -0.25) is 0 Å². The summed E-state index contributed by atoms with van der Waals surface area (Å²) in [7, 11) is 0. The molecule has 0 saturated carbocycles. The summed E-state index contributed by atoms with van der Waals surface area (Å²) >= 11 is 1.63. The predicted octanol–water partition coefficient (Wildman–Crippen LogP) is 3.71. The Morgan fingerprint density at radius 1 is 1.45 bits per heavy atom. The van der Waals surface area contributed by atoms with E-state index >= 15 is 0 Å². The van der Waals surface area contributed by atoms with Gasteiger partial charge in [-0.15, -0.1) is 11.3 Å². The van der Waals surface area contributed by atoms with Gasteiger partial charge in [-0.1, -0.05) is 13.0 Å². The van der Waals surface area contributed by atoms with Crippen molar-refractivity contribution >= 4 is 11.3 Å². The monoisotopic (exact) mass is 288 g/mol. The molecule has 0 bridgehead atoms. The Labute approximate surface area is 124 Å². The third kappa shape index (κ3) is 3.02. The van der Waals surface area contributed by atoms with Gasteiger partial charge in [0.15, 0.2) is 0 Å². The fraction of sp³-hybridized carbons (Fsp3) is 0.438. The van der Waals surface area contributed by atoms with Crippen molar-refractivity contribution in [3.05, 3.63) is 45.9 Å². The molecule has 1 aliphatic carbocycles. The molecular weight excluding hydrogens is 268 g/mol. The fourth-order valence-corrected chi connectivity index (χ4v) is 3.21. The van der Waals surface area contributed by atoms with Crippen molar-refractivity contribution in [2.45, 2.75) is 38.8 Å². The van der Waals surface area contributed by atoms with E-state index in [-0.39, 0.29) is 0 Å². The van der Waals surface area contributed by atoms with E-state index in [4.69, 9.17) is 4.74 Å². The molecular formula is C16H20N2OS. The van der Waals surface area contributed by atoms with Crippen LogP contribution in [0.15, 0.2) is 29.8 Å². The molecule has 1 atom stereocenters. The van der Waals surface area contributed by atoms with E-state index in [9.17, 15) is 0 Å². The van der Waals surface area contributed by atoms with Crippen LogP contribution >= 0.6 is 11.3 Å². The summed E-state index contributed by atoms with van der Waals surface area (Å²) in [5.41, 5.74) is 2.87. The van der Waals surface area contributed by atoms with E-state index < -0.39 is 0 Å². The van der Waals surface area contributed by atoms with Crippen molar-refractivity contribution in [2.24, 2.45) is 0 Å². The van der Waals surface area contributed by atoms with Gasteiger partial charge in [0.1, 0.15) is 17.4 Å². The molecule has 1 heterocycles. The highest BCUT2D eigenvalue weighted by Crippen LogP contribution is 2.33. The van der Waals surface area contributed by atoms with E-state index in [1.54, 1.807) is 11.3 Å². The first-order valence-electron chi connectivity index (χ1n) is 7.24. The van der Waals surface area contributed by atoms with Crippen molar-refractivity contribution in [1.82, 2.24) is 10.3 Å². The molecule has 20 heavy (non-hydrogen) atoms. The summed E-state index contributed by atoms with van der Waals surface area (Å²) in [4.78, 5) is 4.23. The number of aromatic nitrogens is 1. The second kappa shape index (κ2) is 6.37. The van der Waals surface area contributed by atoms with Gasteiger partial charge in [0.2, 0.25) is 0 Å². The van der Waals surface area contributed by atoms with E-state index in [1.807, 2.05) is 11.6 Å². The van der Waals surface area contributed by atoms with E-state index in [0.717, 1.165) is 23.7 Å². The smallest absolute Gasteiger partial charge is 0.140 e. The van der Waals surface area contributed by atoms with Crippen LogP contribution in [-0.2, 0) is 13.0 Å². The fourth-order valence-electron chi connectivity index (χ4n) is 2.68. The minimum Gasteiger partial charge on any atom is -0.486 e. The zero-order chi connectivity index (χ0) is 13.8. The molecule has 0 amide bonds. The van der Waals surface area contributed by atoms with Crippen molar-refractivity contribution in [3.63, 3.8) is 0 Å². The van der Waals surface area contributed by atoms with Crippen LogP contribution in [0, 0.1) is 0 Å². The SMILES string of the molecule is CCCNC1CCc2cc(OCc3nccs3)ccc21. The number of hydrogen-bond donors (Lipinski definition) is 1. The molecule has 1 unspecified atom stereocenters. The number of hydrogen-bond acceptors (Lipinski definition) is 4. The summed E-state index contributed by atoms with van der Waals surface area (Å²) in [6, 6.07) is 7.01. The lowest BCUT2D eigenvalue weighted by Gasteiger charge is -2.13. The van der Waals surface area contributed by atoms with Crippen LogP contribution in [0.4, 0.5) is 0 Å². The molecule has 1 aliphatic rings. The maximum Gasteiger partial charge on any atom is 0.140 e. The highest BCUT2D eigenvalue weighted by molar-refractivity contribution is 7.09. The third-order valence-corrected chi connectivity index (χ3v) is 4.43. The van der Waals surface area contributed by atoms with E-state index in [2.05, 4.69) is 35.4 Å². The number of nitrogens with one attached hydrogen (secondary N) is 1. The zero-order valence-electron chi connectivity index (χ0n) is 11.8. The van der Waals surface area contributed by atoms with Crippen LogP contribution in [0.3, 0.4) is 0 Å². The second-order valence-electron chi connectivity index (χ2n) is 5.12. The number of nitrogens with zero attached hydrogens (tertiary/aromatic N) is 1. The molecule has 0 radical (unpaired) electrons. The Hall–Kier alpha value is -1.39. The Balaban J connectivity index is 1.64. The first-order valence-corrected chi connectivity index (χ1v) is 8.12. The van der Waals surface area contributed by atoms with Gasteiger partial charge in [0.25, 0.3) is 0 Å². The molecule has 0 spiro atoms. The molecule has 0 fully saturated rings. The van der Waals surface area contributed by atoms with Crippen LogP contribution < -0.4 is 10.1 Å². The summed E-state index contributed by atoms with van der Waals surface area (Å²) in [5.74, 6) is 0.954. The molecule has 4 heteroatoms. The van der Waals surface area contributed by atoms with Crippen LogP contribution in [0.25, 0.3) is 0 Å². The minimum absolute atomic E-state index is 0.526. The number of thiazole rings is 1. The molecule has 1 aromatic heterocycles. The third-order valence-electron chi connectivity index (χ3n) is 3.68. The lowest BCUT2D eigenvalue weighted by Crippen LogP contribution is -2.19. The van der Waals surface area contributed by atoms with Crippen LogP contribution in [0.5, 0.6) is 5.75 Å². The first kappa shape index (κ1) is 13.6. The molecule has 0 aliphatic heterocycles. The maximum absolute atomic E-state index is 5.82. The van der Waals surface area contributed by atoms with Crippen molar-refractivity contribution in [1.29, 1.82) is 0 Å². The molecule has 1 N–H and O–H groups in total. The van der Waals surface area contributed by atoms with Gasteiger partial charge in [0, 0.05) is 17.6 Å². The Kier molecular flexibility index (Phi) is 4.33. The normalized spacial score (nSPS) is 17.1. The summed E-state index contributed by atoms with van der Waals surface area (Å²) in [6.45, 7) is 3.86.